The van der Waals surface area contributed by atoms with Gasteiger partial charge in [-0.15, -0.1) is 11.3 Å². The van der Waals surface area contributed by atoms with E-state index in [1.807, 2.05) is 43.4 Å². The molecule has 6 nitrogen and oxygen atoms in total. The Morgan fingerprint density at radius 3 is 2.83 bits per heavy atom. The van der Waals surface area contributed by atoms with Gasteiger partial charge in [0.1, 0.15) is 5.71 Å². The van der Waals surface area contributed by atoms with Crippen LogP contribution < -0.4 is 10.3 Å². The van der Waals surface area contributed by atoms with Crippen LogP contribution in [0.1, 0.15) is 58.8 Å². The number of carbonyl (C=O) groups is 2. The number of nitrogens with one attached hydrogen (secondary N) is 1. The SMILES string of the molecule is Cc1ccc(C)c(N2N=C(C(=O)NCCCc3nc4c(s3)CCCC4)CCC2=O)c1. The smallest absolute Gasteiger partial charge is 0.267 e. The first kappa shape index (κ1) is 20.7. The van der Waals surface area contributed by atoms with Crippen LogP contribution in [0.15, 0.2) is 23.3 Å². The van der Waals surface area contributed by atoms with Gasteiger partial charge in [-0.25, -0.2) is 9.99 Å². The van der Waals surface area contributed by atoms with E-state index < -0.39 is 0 Å². The zero-order valence-corrected chi connectivity index (χ0v) is 18.5. The molecule has 0 unspecified atom stereocenters. The topological polar surface area (TPSA) is 74.7 Å². The zero-order chi connectivity index (χ0) is 21.1. The fourth-order valence-corrected chi connectivity index (χ4v) is 5.11. The summed E-state index contributed by atoms with van der Waals surface area (Å²) in [5.74, 6) is -0.260. The molecule has 0 atom stereocenters. The molecule has 0 bridgehead atoms. The Labute approximate surface area is 181 Å². The van der Waals surface area contributed by atoms with Gasteiger partial charge >= 0.3 is 0 Å². The van der Waals surface area contributed by atoms with E-state index in [1.165, 1.54) is 39.9 Å². The lowest BCUT2D eigenvalue weighted by Crippen LogP contribution is -2.39. The standard InChI is InChI=1S/C23H28N4O2S/c1-15-9-10-16(2)19(14-15)27-22(28)12-11-18(26-27)23(29)24-13-5-8-21-25-17-6-3-4-7-20(17)30-21/h9-10,14H,3-8,11-13H2,1-2H3,(H,24,29). The van der Waals surface area contributed by atoms with E-state index in [2.05, 4.69) is 10.4 Å². The molecule has 4 rings (SSSR count). The normalized spacial score (nSPS) is 16.3. The van der Waals surface area contributed by atoms with Crippen molar-refractivity contribution in [3.63, 3.8) is 0 Å². The largest absolute Gasteiger partial charge is 0.351 e. The first-order chi connectivity index (χ1) is 14.5. The lowest BCUT2D eigenvalue weighted by molar-refractivity contribution is -0.119. The molecular weight excluding hydrogens is 396 g/mol. The second-order valence-corrected chi connectivity index (χ2v) is 9.25. The molecule has 1 aromatic heterocycles. The van der Waals surface area contributed by atoms with Gasteiger partial charge in [0.25, 0.3) is 5.91 Å². The van der Waals surface area contributed by atoms with Crippen molar-refractivity contribution in [2.45, 2.75) is 65.2 Å². The summed E-state index contributed by atoms with van der Waals surface area (Å²) in [4.78, 5) is 31.2. The Hall–Kier alpha value is -2.54. The number of anilines is 1. The number of rotatable bonds is 6. The highest BCUT2D eigenvalue weighted by molar-refractivity contribution is 7.11. The average molecular weight is 425 g/mol. The number of carbonyl (C=O) groups excluding carboxylic acids is 2. The van der Waals surface area contributed by atoms with E-state index in [-0.39, 0.29) is 11.8 Å². The van der Waals surface area contributed by atoms with Crippen molar-refractivity contribution in [1.29, 1.82) is 0 Å². The summed E-state index contributed by atoms with van der Waals surface area (Å²) < 4.78 is 0. The predicted molar refractivity (Wildman–Crippen MR) is 120 cm³/mol. The second kappa shape index (κ2) is 9.08. The molecule has 0 saturated carbocycles. The van der Waals surface area contributed by atoms with Crippen LogP contribution in [0, 0.1) is 13.8 Å². The molecule has 1 aliphatic heterocycles. The molecule has 7 heteroatoms. The van der Waals surface area contributed by atoms with Gasteiger partial charge in [0.2, 0.25) is 5.91 Å². The van der Waals surface area contributed by atoms with Crippen molar-refractivity contribution >= 4 is 34.6 Å². The number of aromatic nitrogens is 1. The summed E-state index contributed by atoms with van der Waals surface area (Å²) in [5, 5.41) is 9.93. The molecule has 1 aromatic carbocycles. The van der Waals surface area contributed by atoms with Gasteiger partial charge in [-0.3, -0.25) is 9.59 Å². The molecule has 2 amide bonds. The van der Waals surface area contributed by atoms with Gasteiger partial charge < -0.3 is 5.32 Å². The summed E-state index contributed by atoms with van der Waals surface area (Å²) in [6.07, 6.45) is 7.21. The van der Waals surface area contributed by atoms with Crippen molar-refractivity contribution in [2.75, 3.05) is 11.6 Å². The number of hydrogen-bond acceptors (Lipinski definition) is 5. The lowest BCUT2D eigenvalue weighted by Gasteiger charge is -2.24. The maximum absolute atomic E-state index is 12.6. The Bertz CT molecular complexity index is 972. The summed E-state index contributed by atoms with van der Waals surface area (Å²) in [7, 11) is 0. The van der Waals surface area contributed by atoms with Crippen LogP contribution in [0.3, 0.4) is 0 Å². The molecule has 0 spiro atoms. The van der Waals surface area contributed by atoms with Crippen LogP contribution in [0.2, 0.25) is 0 Å². The maximum atomic E-state index is 12.6. The van der Waals surface area contributed by atoms with E-state index in [0.717, 1.165) is 36.1 Å². The molecule has 158 valence electrons. The number of hydrazone groups is 1. The third kappa shape index (κ3) is 4.61. The molecule has 2 aliphatic rings. The lowest BCUT2D eigenvalue weighted by atomic mass is 10.0. The van der Waals surface area contributed by atoms with Gasteiger partial charge in [0, 0.05) is 30.7 Å². The fourth-order valence-electron chi connectivity index (χ4n) is 3.91. The molecule has 2 aromatic rings. The van der Waals surface area contributed by atoms with Gasteiger partial charge in [-0.2, -0.15) is 5.10 Å². The Morgan fingerprint density at radius 1 is 1.17 bits per heavy atom. The van der Waals surface area contributed by atoms with Gasteiger partial charge in [-0.1, -0.05) is 12.1 Å². The van der Waals surface area contributed by atoms with Crippen molar-refractivity contribution in [1.82, 2.24) is 10.3 Å². The van der Waals surface area contributed by atoms with E-state index in [9.17, 15) is 9.59 Å². The van der Waals surface area contributed by atoms with Crippen LogP contribution in [-0.4, -0.2) is 29.1 Å². The first-order valence-electron chi connectivity index (χ1n) is 10.7. The summed E-state index contributed by atoms with van der Waals surface area (Å²) in [6, 6.07) is 5.91. The van der Waals surface area contributed by atoms with E-state index in [1.54, 1.807) is 0 Å². The molecule has 0 saturated heterocycles. The van der Waals surface area contributed by atoms with Crippen molar-refractivity contribution < 1.29 is 9.59 Å². The predicted octanol–water partition coefficient (Wildman–Crippen LogP) is 3.87. The molecule has 0 radical (unpaired) electrons. The first-order valence-corrected chi connectivity index (χ1v) is 11.6. The third-order valence-electron chi connectivity index (χ3n) is 5.63. The highest BCUT2D eigenvalue weighted by Gasteiger charge is 2.26. The molecule has 1 aliphatic carbocycles. The average Bonchev–Trinajstić information content (AvgIpc) is 3.16. The minimum absolute atomic E-state index is 0.0759. The molecule has 2 heterocycles. The van der Waals surface area contributed by atoms with E-state index in [0.29, 0.717) is 25.1 Å². The minimum atomic E-state index is -0.184. The number of thiazole rings is 1. The number of nitrogens with zero attached hydrogens (tertiary/aromatic N) is 3. The monoisotopic (exact) mass is 424 g/mol. The van der Waals surface area contributed by atoms with Gasteiger partial charge in [0.05, 0.1) is 16.4 Å². The third-order valence-corrected chi connectivity index (χ3v) is 6.85. The zero-order valence-electron chi connectivity index (χ0n) is 17.7. The molecular formula is C23H28N4O2S. The Kier molecular flexibility index (Phi) is 6.27. The Morgan fingerprint density at radius 2 is 2.00 bits per heavy atom. The summed E-state index contributed by atoms with van der Waals surface area (Å²) in [6.45, 7) is 4.51. The number of amides is 2. The molecule has 0 fully saturated rings. The maximum Gasteiger partial charge on any atom is 0.267 e. The summed E-state index contributed by atoms with van der Waals surface area (Å²) in [5.41, 5.74) is 4.47. The van der Waals surface area contributed by atoms with Crippen molar-refractivity contribution in [3.8, 4) is 0 Å². The number of hydrogen-bond donors (Lipinski definition) is 1. The molecule has 30 heavy (non-hydrogen) atoms. The van der Waals surface area contributed by atoms with Crippen LogP contribution in [0.25, 0.3) is 0 Å². The van der Waals surface area contributed by atoms with Crippen LogP contribution >= 0.6 is 11.3 Å². The molecule has 1 N–H and O–H groups in total. The fraction of sp³-hybridized carbons (Fsp3) is 0.478. The minimum Gasteiger partial charge on any atom is -0.351 e. The van der Waals surface area contributed by atoms with E-state index >= 15 is 0 Å². The number of benzene rings is 1. The number of aryl methyl sites for hydroxylation is 5. The highest BCUT2D eigenvalue weighted by Crippen LogP contribution is 2.27. The highest BCUT2D eigenvalue weighted by atomic mass is 32.1. The van der Waals surface area contributed by atoms with Gasteiger partial charge in [0.15, 0.2) is 0 Å². The van der Waals surface area contributed by atoms with Crippen molar-refractivity contribution in [3.05, 3.63) is 44.9 Å². The van der Waals surface area contributed by atoms with Gasteiger partial charge in [-0.05, 0) is 63.1 Å². The van der Waals surface area contributed by atoms with Crippen molar-refractivity contribution in [2.24, 2.45) is 5.10 Å². The second-order valence-electron chi connectivity index (χ2n) is 8.09. The number of fused-ring (bicyclic) bond motifs is 1. The van der Waals surface area contributed by atoms with E-state index in [4.69, 9.17) is 4.98 Å². The quantitative estimate of drug-likeness (QED) is 0.716. The van der Waals surface area contributed by atoms with Crippen LogP contribution in [0.4, 0.5) is 5.69 Å². The van der Waals surface area contributed by atoms with Crippen LogP contribution in [0.5, 0.6) is 0 Å². The Balaban J connectivity index is 1.34. The van der Waals surface area contributed by atoms with Crippen LogP contribution in [-0.2, 0) is 28.9 Å². The summed E-state index contributed by atoms with van der Waals surface area (Å²) >= 11 is 1.83.